The lowest BCUT2D eigenvalue weighted by Crippen LogP contribution is -2.41. The van der Waals surface area contributed by atoms with Crippen molar-refractivity contribution in [2.75, 3.05) is 26.7 Å². The molecule has 0 bridgehead atoms. The van der Waals surface area contributed by atoms with Gasteiger partial charge in [0, 0.05) is 26.1 Å². The lowest BCUT2D eigenvalue weighted by Gasteiger charge is -2.34. The highest BCUT2D eigenvalue weighted by Gasteiger charge is 2.18. The van der Waals surface area contributed by atoms with Crippen molar-refractivity contribution in [1.82, 2.24) is 20.0 Å². The predicted octanol–water partition coefficient (Wildman–Crippen LogP) is 1.68. The zero-order valence-corrected chi connectivity index (χ0v) is 11.7. The summed E-state index contributed by atoms with van der Waals surface area (Å²) in [6, 6.07) is 0.734. The molecule has 18 heavy (non-hydrogen) atoms. The van der Waals surface area contributed by atoms with Gasteiger partial charge in [-0.15, -0.1) is 10.2 Å². The minimum absolute atomic E-state index is 0.642. The highest BCUT2D eigenvalue weighted by Crippen LogP contribution is 2.15. The van der Waals surface area contributed by atoms with Crippen LogP contribution in [0.1, 0.15) is 38.0 Å². The summed E-state index contributed by atoms with van der Waals surface area (Å²) >= 11 is 0. The summed E-state index contributed by atoms with van der Waals surface area (Å²) in [6.07, 6.45) is 4.07. The molecule has 1 saturated heterocycles. The average molecular weight is 252 g/mol. The molecular formula is C13H24N4O. The lowest BCUT2D eigenvalue weighted by atomic mass is 10.0. The van der Waals surface area contributed by atoms with Gasteiger partial charge in [0.25, 0.3) is 0 Å². The Bertz CT molecular complexity index is 366. The second kappa shape index (κ2) is 6.29. The number of hydrogen-bond donors (Lipinski definition) is 0. The van der Waals surface area contributed by atoms with E-state index in [-0.39, 0.29) is 0 Å². The third-order valence-corrected chi connectivity index (χ3v) is 3.68. The van der Waals surface area contributed by atoms with E-state index >= 15 is 0 Å². The molecule has 0 spiro atoms. The summed E-state index contributed by atoms with van der Waals surface area (Å²) in [5.41, 5.74) is 0. The quantitative estimate of drug-likeness (QED) is 0.798. The van der Waals surface area contributed by atoms with Crippen molar-refractivity contribution < 1.29 is 4.42 Å². The van der Waals surface area contributed by atoms with Crippen molar-refractivity contribution in [3.63, 3.8) is 0 Å². The summed E-state index contributed by atoms with van der Waals surface area (Å²) < 4.78 is 5.39. The fourth-order valence-electron chi connectivity index (χ4n) is 2.50. The fraction of sp³-hybridized carbons (Fsp3) is 0.846. The molecule has 1 aliphatic rings. The van der Waals surface area contributed by atoms with Crippen LogP contribution >= 0.6 is 0 Å². The standard InChI is InChI=1S/C13H24N4O/c1-11-6-4-5-7-17(11)9-8-16(3)10-13-15-14-12(2)18-13/h11H,4-10H2,1-3H3. The molecule has 1 atom stereocenters. The number of hydrogen-bond acceptors (Lipinski definition) is 5. The first-order valence-electron chi connectivity index (χ1n) is 6.86. The van der Waals surface area contributed by atoms with Gasteiger partial charge >= 0.3 is 0 Å². The molecular weight excluding hydrogens is 228 g/mol. The van der Waals surface area contributed by atoms with E-state index in [0.29, 0.717) is 11.8 Å². The Balaban J connectivity index is 1.72. The smallest absolute Gasteiger partial charge is 0.230 e. The van der Waals surface area contributed by atoms with Crippen LogP contribution in [0.4, 0.5) is 0 Å². The highest BCUT2D eigenvalue weighted by molar-refractivity contribution is 4.79. The van der Waals surface area contributed by atoms with Gasteiger partial charge in [-0.1, -0.05) is 6.42 Å². The number of rotatable bonds is 5. The molecule has 1 aromatic heterocycles. The third kappa shape index (κ3) is 3.78. The van der Waals surface area contributed by atoms with Crippen molar-refractivity contribution >= 4 is 0 Å². The number of nitrogens with zero attached hydrogens (tertiary/aromatic N) is 4. The van der Waals surface area contributed by atoms with Crippen LogP contribution in [0.3, 0.4) is 0 Å². The topological polar surface area (TPSA) is 45.4 Å². The lowest BCUT2D eigenvalue weighted by molar-refractivity contribution is 0.138. The van der Waals surface area contributed by atoms with Crippen molar-refractivity contribution in [2.45, 2.75) is 45.7 Å². The molecule has 2 rings (SSSR count). The molecule has 1 fully saturated rings. The van der Waals surface area contributed by atoms with Crippen LogP contribution in [0, 0.1) is 6.92 Å². The van der Waals surface area contributed by atoms with Crippen LogP contribution in [0.2, 0.25) is 0 Å². The Kier molecular flexibility index (Phi) is 4.72. The molecule has 5 heteroatoms. The maximum Gasteiger partial charge on any atom is 0.230 e. The van der Waals surface area contributed by atoms with Crippen molar-refractivity contribution in [3.8, 4) is 0 Å². The third-order valence-electron chi connectivity index (χ3n) is 3.68. The summed E-state index contributed by atoms with van der Waals surface area (Å²) in [5.74, 6) is 1.35. The Hall–Kier alpha value is -0.940. The van der Waals surface area contributed by atoms with Crippen LogP contribution in [-0.2, 0) is 6.54 Å². The molecule has 0 aliphatic carbocycles. The van der Waals surface area contributed by atoms with E-state index in [4.69, 9.17) is 4.42 Å². The van der Waals surface area contributed by atoms with Crippen LogP contribution in [0.25, 0.3) is 0 Å². The number of piperidine rings is 1. The van der Waals surface area contributed by atoms with Crippen LogP contribution in [-0.4, -0.2) is 52.7 Å². The molecule has 0 saturated carbocycles. The molecule has 0 amide bonds. The molecule has 1 aliphatic heterocycles. The molecule has 0 aromatic carbocycles. The number of aromatic nitrogens is 2. The highest BCUT2D eigenvalue weighted by atomic mass is 16.4. The zero-order valence-electron chi connectivity index (χ0n) is 11.7. The summed E-state index contributed by atoms with van der Waals surface area (Å²) in [6.45, 7) is 8.32. The number of aryl methyl sites for hydroxylation is 1. The molecule has 0 N–H and O–H groups in total. The van der Waals surface area contributed by atoms with E-state index in [9.17, 15) is 0 Å². The normalized spacial score (nSPS) is 21.7. The number of likely N-dealkylation sites (N-methyl/N-ethyl adjacent to an activating group) is 1. The van der Waals surface area contributed by atoms with E-state index in [0.717, 1.165) is 25.7 Å². The van der Waals surface area contributed by atoms with Gasteiger partial charge in [-0.05, 0) is 33.4 Å². The fourth-order valence-corrected chi connectivity index (χ4v) is 2.50. The van der Waals surface area contributed by atoms with Gasteiger partial charge in [-0.2, -0.15) is 0 Å². The molecule has 1 unspecified atom stereocenters. The van der Waals surface area contributed by atoms with Gasteiger partial charge in [-0.25, -0.2) is 0 Å². The van der Waals surface area contributed by atoms with E-state index in [1.165, 1.54) is 25.8 Å². The summed E-state index contributed by atoms with van der Waals surface area (Å²) in [7, 11) is 2.11. The molecule has 2 heterocycles. The van der Waals surface area contributed by atoms with E-state index in [1.54, 1.807) is 0 Å². The first kappa shape index (κ1) is 13.5. The second-order valence-electron chi connectivity index (χ2n) is 5.33. The van der Waals surface area contributed by atoms with E-state index < -0.39 is 0 Å². The summed E-state index contributed by atoms with van der Waals surface area (Å²) in [4.78, 5) is 4.83. The van der Waals surface area contributed by atoms with Crippen molar-refractivity contribution in [3.05, 3.63) is 11.8 Å². The predicted molar refractivity (Wildman–Crippen MR) is 70.3 cm³/mol. The zero-order chi connectivity index (χ0) is 13.0. The van der Waals surface area contributed by atoms with Crippen LogP contribution in [0.5, 0.6) is 0 Å². The first-order chi connectivity index (χ1) is 8.65. The van der Waals surface area contributed by atoms with Gasteiger partial charge in [0.15, 0.2) is 0 Å². The van der Waals surface area contributed by atoms with Gasteiger partial charge in [0.1, 0.15) is 0 Å². The van der Waals surface area contributed by atoms with Crippen molar-refractivity contribution in [2.24, 2.45) is 0 Å². The Labute approximate surface area is 109 Å². The maximum atomic E-state index is 5.39. The first-order valence-corrected chi connectivity index (χ1v) is 6.86. The minimum Gasteiger partial charge on any atom is -0.424 e. The van der Waals surface area contributed by atoms with Crippen LogP contribution in [0.15, 0.2) is 4.42 Å². The monoisotopic (exact) mass is 252 g/mol. The van der Waals surface area contributed by atoms with Gasteiger partial charge < -0.3 is 4.42 Å². The molecule has 1 aromatic rings. The molecule has 0 radical (unpaired) electrons. The van der Waals surface area contributed by atoms with Gasteiger partial charge in [-0.3, -0.25) is 9.80 Å². The SMILES string of the molecule is Cc1nnc(CN(C)CCN2CCCCC2C)o1. The Morgan fingerprint density at radius 2 is 2.22 bits per heavy atom. The van der Waals surface area contributed by atoms with Crippen LogP contribution < -0.4 is 0 Å². The Morgan fingerprint density at radius 3 is 2.89 bits per heavy atom. The minimum atomic E-state index is 0.642. The largest absolute Gasteiger partial charge is 0.424 e. The maximum absolute atomic E-state index is 5.39. The van der Waals surface area contributed by atoms with E-state index in [1.807, 2.05) is 6.92 Å². The van der Waals surface area contributed by atoms with Gasteiger partial charge in [0.05, 0.1) is 6.54 Å². The molecule has 5 nitrogen and oxygen atoms in total. The Morgan fingerprint density at radius 1 is 1.39 bits per heavy atom. The van der Waals surface area contributed by atoms with Gasteiger partial charge in [0.2, 0.25) is 11.8 Å². The number of likely N-dealkylation sites (tertiary alicyclic amines) is 1. The second-order valence-corrected chi connectivity index (χ2v) is 5.33. The molecule has 102 valence electrons. The average Bonchev–Trinajstić information content (AvgIpc) is 2.74. The summed E-state index contributed by atoms with van der Waals surface area (Å²) in [5, 5.41) is 7.87. The van der Waals surface area contributed by atoms with Crippen molar-refractivity contribution in [1.29, 1.82) is 0 Å². The van der Waals surface area contributed by atoms with E-state index in [2.05, 4.69) is 34.0 Å².